The summed E-state index contributed by atoms with van der Waals surface area (Å²) in [5, 5.41) is 10.0. The Balaban J connectivity index is 1.87. The first-order chi connectivity index (χ1) is 10.1. The summed E-state index contributed by atoms with van der Waals surface area (Å²) in [5.74, 6) is -0.137. The second kappa shape index (κ2) is 5.65. The average Bonchev–Trinajstić information content (AvgIpc) is 2.47. The Morgan fingerprint density at radius 1 is 1.19 bits per heavy atom. The van der Waals surface area contributed by atoms with Gasteiger partial charge in [-0.3, -0.25) is 4.79 Å². The van der Waals surface area contributed by atoms with Crippen molar-refractivity contribution in [3.8, 4) is 0 Å². The number of aliphatic hydroxyl groups excluding tert-OH is 1. The lowest BCUT2D eigenvalue weighted by Crippen LogP contribution is -2.56. The maximum atomic E-state index is 12.6. The summed E-state index contributed by atoms with van der Waals surface area (Å²) in [6.45, 7) is 0.337. The number of halogens is 1. The van der Waals surface area contributed by atoms with Gasteiger partial charge < -0.3 is 15.7 Å². The fraction of sp³-hybridized carbons (Fsp3) is 0.188. The van der Waals surface area contributed by atoms with Crippen LogP contribution in [0.15, 0.2) is 48.5 Å². The van der Waals surface area contributed by atoms with Crippen LogP contribution in [0.3, 0.4) is 0 Å². The number of para-hydroxylation sites is 1. The van der Waals surface area contributed by atoms with Crippen LogP contribution in [0, 0.1) is 3.57 Å². The molecule has 2 atom stereocenters. The van der Waals surface area contributed by atoms with Crippen molar-refractivity contribution in [2.24, 2.45) is 0 Å². The first kappa shape index (κ1) is 14.3. The number of hydrogen-bond acceptors (Lipinski definition) is 3. The maximum Gasteiger partial charge on any atom is 0.256 e. The zero-order valence-electron chi connectivity index (χ0n) is 11.2. The van der Waals surface area contributed by atoms with E-state index in [0.717, 1.165) is 9.13 Å². The van der Waals surface area contributed by atoms with E-state index < -0.39 is 6.10 Å². The lowest BCUT2D eigenvalue weighted by Gasteiger charge is -2.45. The third-order valence-electron chi connectivity index (χ3n) is 3.75. The Kier molecular flexibility index (Phi) is 3.86. The second-order valence-corrected chi connectivity index (χ2v) is 6.35. The molecular weight excluding hydrogens is 379 g/mol. The summed E-state index contributed by atoms with van der Waals surface area (Å²) in [7, 11) is 0. The number of nitrogens with two attached hydrogens (primary N) is 1. The van der Waals surface area contributed by atoms with Crippen molar-refractivity contribution < 1.29 is 9.90 Å². The van der Waals surface area contributed by atoms with Crippen molar-refractivity contribution in [2.45, 2.75) is 12.1 Å². The number of hydrogen-bond donors (Lipinski definition) is 2. The summed E-state index contributed by atoms with van der Waals surface area (Å²) >= 11 is 2.23. The van der Waals surface area contributed by atoms with Gasteiger partial charge >= 0.3 is 0 Å². The summed E-state index contributed by atoms with van der Waals surface area (Å²) in [6, 6.07) is 14.6. The second-order valence-electron chi connectivity index (χ2n) is 5.11. The minimum absolute atomic E-state index is 0.137. The zero-order chi connectivity index (χ0) is 15.0. The van der Waals surface area contributed by atoms with Gasteiger partial charge in [-0.05, 0) is 52.4 Å². The summed E-state index contributed by atoms with van der Waals surface area (Å²) in [4.78, 5) is 14.2. The van der Waals surface area contributed by atoms with Gasteiger partial charge in [-0.1, -0.05) is 24.3 Å². The Labute approximate surface area is 136 Å². The number of carbonyl (C=O) groups excluding carboxylic acids is 1. The molecule has 1 heterocycles. The monoisotopic (exact) mass is 394 g/mol. The highest BCUT2D eigenvalue weighted by atomic mass is 127. The van der Waals surface area contributed by atoms with Gasteiger partial charge in [0.2, 0.25) is 0 Å². The Morgan fingerprint density at radius 3 is 2.48 bits per heavy atom. The van der Waals surface area contributed by atoms with Crippen LogP contribution in [0.5, 0.6) is 0 Å². The Hall–Kier alpha value is -1.60. The van der Waals surface area contributed by atoms with E-state index in [4.69, 9.17) is 5.73 Å². The van der Waals surface area contributed by atoms with Crippen molar-refractivity contribution in [1.82, 2.24) is 4.90 Å². The molecule has 2 unspecified atom stereocenters. The van der Waals surface area contributed by atoms with Crippen molar-refractivity contribution in [3.05, 3.63) is 63.2 Å². The van der Waals surface area contributed by atoms with Crippen molar-refractivity contribution in [2.75, 3.05) is 12.3 Å². The molecule has 1 saturated heterocycles. The van der Waals surface area contributed by atoms with Crippen LogP contribution in [0.25, 0.3) is 0 Å². The molecule has 3 rings (SSSR count). The van der Waals surface area contributed by atoms with E-state index in [-0.39, 0.29) is 11.9 Å². The molecular formula is C16H15IN2O2. The van der Waals surface area contributed by atoms with E-state index in [9.17, 15) is 9.90 Å². The number of nitrogens with zero attached hydrogens (tertiary/aromatic N) is 1. The minimum Gasteiger partial charge on any atom is -0.398 e. The molecule has 0 spiro atoms. The van der Waals surface area contributed by atoms with Crippen LogP contribution < -0.4 is 5.73 Å². The number of nitrogen functional groups attached to an aromatic ring is 1. The number of β-amino-alcohol motifs (C(OH)–C–C–N with tert-alkyl or cyclic N) is 1. The number of amides is 1. The van der Waals surface area contributed by atoms with Gasteiger partial charge in [-0.15, -0.1) is 0 Å². The van der Waals surface area contributed by atoms with Gasteiger partial charge in [-0.25, -0.2) is 0 Å². The van der Waals surface area contributed by atoms with E-state index in [1.807, 2.05) is 24.3 Å². The number of benzene rings is 2. The highest BCUT2D eigenvalue weighted by Gasteiger charge is 2.42. The number of rotatable bonds is 2. The average molecular weight is 394 g/mol. The van der Waals surface area contributed by atoms with Crippen molar-refractivity contribution in [3.63, 3.8) is 0 Å². The molecule has 0 radical (unpaired) electrons. The molecule has 4 nitrogen and oxygen atoms in total. The normalized spacial score (nSPS) is 21.0. The lowest BCUT2D eigenvalue weighted by molar-refractivity contribution is -0.0452. The Morgan fingerprint density at radius 2 is 1.86 bits per heavy atom. The molecule has 1 aliphatic rings. The smallest absolute Gasteiger partial charge is 0.256 e. The summed E-state index contributed by atoms with van der Waals surface area (Å²) in [6.07, 6.45) is -0.529. The molecule has 5 heteroatoms. The van der Waals surface area contributed by atoms with E-state index in [1.165, 1.54) is 0 Å². The first-order valence-electron chi connectivity index (χ1n) is 6.67. The highest BCUT2D eigenvalue weighted by molar-refractivity contribution is 14.1. The molecule has 0 saturated carbocycles. The number of anilines is 1. The predicted octanol–water partition coefficient (Wildman–Crippen LogP) is 2.43. The maximum absolute atomic E-state index is 12.6. The van der Waals surface area contributed by atoms with Gasteiger partial charge in [0.1, 0.15) is 0 Å². The molecule has 0 aliphatic carbocycles. The molecule has 2 aromatic rings. The number of carbonyl (C=O) groups is 1. The van der Waals surface area contributed by atoms with Gasteiger partial charge in [0.05, 0.1) is 24.3 Å². The lowest BCUT2D eigenvalue weighted by atomic mass is 9.90. The fourth-order valence-electron chi connectivity index (χ4n) is 2.60. The zero-order valence-corrected chi connectivity index (χ0v) is 13.4. The summed E-state index contributed by atoms with van der Waals surface area (Å²) < 4.78 is 1.12. The predicted molar refractivity (Wildman–Crippen MR) is 89.8 cm³/mol. The molecule has 1 amide bonds. The van der Waals surface area contributed by atoms with Crippen LogP contribution in [0.4, 0.5) is 5.69 Å². The van der Waals surface area contributed by atoms with Crippen LogP contribution in [0.2, 0.25) is 0 Å². The van der Waals surface area contributed by atoms with E-state index >= 15 is 0 Å². The van der Waals surface area contributed by atoms with Gasteiger partial charge in [0.15, 0.2) is 0 Å². The van der Waals surface area contributed by atoms with Crippen LogP contribution >= 0.6 is 22.6 Å². The van der Waals surface area contributed by atoms with Crippen molar-refractivity contribution in [1.29, 1.82) is 0 Å². The third kappa shape index (κ3) is 2.63. The molecule has 0 bridgehead atoms. The third-order valence-corrected chi connectivity index (χ3v) is 4.47. The van der Waals surface area contributed by atoms with E-state index in [0.29, 0.717) is 17.8 Å². The molecule has 1 fully saturated rings. The van der Waals surface area contributed by atoms with Crippen molar-refractivity contribution >= 4 is 34.2 Å². The standard InChI is InChI=1S/C16H15IN2O2/c17-11-7-5-10(6-8-11)15-14(20)9-19(15)16(21)12-3-1-2-4-13(12)18/h1-8,14-15,20H,9,18H2. The molecule has 21 heavy (non-hydrogen) atoms. The van der Waals surface area contributed by atoms with E-state index in [1.54, 1.807) is 29.2 Å². The fourth-order valence-corrected chi connectivity index (χ4v) is 2.96. The van der Waals surface area contributed by atoms with E-state index in [2.05, 4.69) is 22.6 Å². The number of aliphatic hydroxyl groups is 1. The van der Waals surface area contributed by atoms with Crippen LogP contribution in [0.1, 0.15) is 22.0 Å². The highest BCUT2D eigenvalue weighted by Crippen LogP contribution is 2.35. The van der Waals surface area contributed by atoms with Gasteiger partial charge in [-0.2, -0.15) is 0 Å². The van der Waals surface area contributed by atoms with Crippen LogP contribution in [-0.2, 0) is 0 Å². The molecule has 0 aromatic heterocycles. The van der Waals surface area contributed by atoms with Gasteiger partial charge in [0.25, 0.3) is 5.91 Å². The quantitative estimate of drug-likeness (QED) is 0.608. The number of likely N-dealkylation sites (tertiary alicyclic amines) is 1. The topological polar surface area (TPSA) is 66.6 Å². The first-order valence-corrected chi connectivity index (χ1v) is 7.75. The summed E-state index contributed by atoms with van der Waals surface area (Å²) in [5.41, 5.74) is 7.76. The molecule has 3 N–H and O–H groups in total. The SMILES string of the molecule is Nc1ccccc1C(=O)N1CC(O)C1c1ccc(I)cc1. The molecule has 1 aliphatic heterocycles. The Bertz CT molecular complexity index is 672. The minimum atomic E-state index is -0.529. The largest absolute Gasteiger partial charge is 0.398 e. The molecule has 2 aromatic carbocycles. The molecule has 108 valence electrons. The van der Waals surface area contributed by atoms with Crippen LogP contribution in [-0.4, -0.2) is 28.6 Å². The van der Waals surface area contributed by atoms with Gasteiger partial charge in [0, 0.05) is 9.26 Å².